The molecule has 3 fully saturated rings. The van der Waals surface area contributed by atoms with E-state index in [0.717, 1.165) is 24.5 Å². The van der Waals surface area contributed by atoms with Crippen LogP contribution < -0.4 is 5.32 Å². The van der Waals surface area contributed by atoms with Crippen molar-refractivity contribution in [3.63, 3.8) is 0 Å². The van der Waals surface area contributed by atoms with Gasteiger partial charge in [0, 0.05) is 16.5 Å². The van der Waals surface area contributed by atoms with E-state index in [-0.39, 0.29) is 11.5 Å². The van der Waals surface area contributed by atoms with Crippen LogP contribution in [0.1, 0.15) is 64.2 Å². The van der Waals surface area contributed by atoms with E-state index in [0.29, 0.717) is 11.3 Å². The SMILES string of the molecule is COC(=O)C1(NC2CC2)CCC(SC2CCCCC2)C1. The van der Waals surface area contributed by atoms with E-state index in [1.54, 1.807) is 0 Å². The van der Waals surface area contributed by atoms with Gasteiger partial charge in [-0.15, -0.1) is 0 Å². The monoisotopic (exact) mass is 297 g/mol. The van der Waals surface area contributed by atoms with Gasteiger partial charge in [-0.3, -0.25) is 10.1 Å². The van der Waals surface area contributed by atoms with E-state index >= 15 is 0 Å². The Hall–Kier alpha value is -0.220. The standard InChI is InChI=1S/C16H27NO2S/c1-19-15(18)16(17-12-7-8-12)10-9-14(11-16)20-13-5-3-2-4-6-13/h12-14,17H,2-11H2,1H3. The summed E-state index contributed by atoms with van der Waals surface area (Å²) in [5, 5.41) is 5.07. The van der Waals surface area contributed by atoms with Gasteiger partial charge in [-0.2, -0.15) is 11.8 Å². The van der Waals surface area contributed by atoms with Gasteiger partial charge in [-0.1, -0.05) is 19.3 Å². The Labute approximate surface area is 126 Å². The summed E-state index contributed by atoms with van der Waals surface area (Å²) < 4.78 is 5.09. The first-order valence-corrected chi connectivity index (χ1v) is 9.18. The number of rotatable bonds is 5. The first-order chi connectivity index (χ1) is 9.72. The van der Waals surface area contributed by atoms with Gasteiger partial charge in [0.2, 0.25) is 0 Å². The van der Waals surface area contributed by atoms with Crippen molar-refractivity contribution in [2.24, 2.45) is 0 Å². The van der Waals surface area contributed by atoms with Gasteiger partial charge >= 0.3 is 5.97 Å². The predicted octanol–water partition coefficient (Wildman–Crippen LogP) is 3.27. The van der Waals surface area contributed by atoms with Gasteiger partial charge in [-0.25, -0.2) is 0 Å². The minimum atomic E-state index is -0.373. The topological polar surface area (TPSA) is 38.3 Å². The molecule has 0 aromatic carbocycles. The smallest absolute Gasteiger partial charge is 0.326 e. The Morgan fingerprint density at radius 3 is 2.50 bits per heavy atom. The van der Waals surface area contributed by atoms with Crippen LogP contribution >= 0.6 is 11.8 Å². The molecule has 2 atom stereocenters. The molecule has 3 saturated carbocycles. The van der Waals surface area contributed by atoms with E-state index < -0.39 is 0 Å². The molecule has 3 rings (SSSR count). The maximum absolute atomic E-state index is 12.2. The van der Waals surface area contributed by atoms with Crippen LogP contribution in [0.2, 0.25) is 0 Å². The molecule has 0 aliphatic heterocycles. The Balaban J connectivity index is 1.57. The minimum absolute atomic E-state index is 0.0313. The first-order valence-electron chi connectivity index (χ1n) is 8.23. The molecule has 2 unspecified atom stereocenters. The van der Waals surface area contributed by atoms with Crippen LogP contribution in [0.5, 0.6) is 0 Å². The van der Waals surface area contributed by atoms with Crippen LogP contribution in [0.25, 0.3) is 0 Å². The van der Waals surface area contributed by atoms with Crippen molar-refractivity contribution < 1.29 is 9.53 Å². The van der Waals surface area contributed by atoms with E-state index in [2.05, 4.69) is 17.1 Å². The van der Waals surface area contributed by atoms with E-state index in [1.165, 1.54) is 52.1 Å². The summed E-state index contributed by atoms with van der Waals surface area (Å²) in [6.07, 6.45) is 12.5. The second-order valence-electron chi connectivity index (χ2n) is 6.75. The molecule has 0 heterocycles. The van der Waals surface area contributed by atoms with Crippen molar-refractivity contribution in [2.45, 2.75) is 86.3 Å². The number of methoxy groups -OCH3 is 1. The van der Waals surface area contributed by atoms with Gasteiger partial charge in [0.05, 0.1) is 7.11 Å². The number of esters is 1. The third kappa shape index (κ3) is 3.33. The zero-order valence-corrected chi connectivity index (χ0v) is 13.3. The van der Waals surface area contributed by atoms with Crippen molar-refractivity contribution in [1.29, 1.82) is 0 Å². The lowest BCUT2D eigenvalue weighted by molar-refractivity contribution is -0.148. The van der Waals surface area contributed by atoms with E-state index in [9.17, 15) is 4.79 Å². The lowest BCUT2D eigenvalue weighted by Gasteiger charge is -2.29. The molecule has 0 aromatic heterocycles. The van der Waals surface area contributed by atoms with Crippen LogP contribution in [0.4, 0.5) is 0 Å². The molecule has 0 spiro atoms. The molecule has 3 nitrogen and oxygen atoms in total. The quantitative estimate of drug-likeness (QED) is 0.791. The normalized spacial score (nSPS) is 35.1. The fraction of sp³-hybridized carbons (Fsp3) is 0.938. The lowest BCUT2D eigenvalue weighted by Crippen LogP contribution is -2.52. The van der Waals surface area contributed by atoms with Crippen LogP contribution in [0.15, 0.2) is 0 Å². The number of hydrogen-bond donors (Lipinski definition) is 1. The molecule has 0 radical (unpaired) electrons. The maximum atomic E-state index is 12.2. The molecule has 0 aromatic rings. The van der Waals surface area contributed by atoms with Crippen LogP contribution in [0, 0.1) is 0 Å². The van der Waals surface area contributed by atoms with Crippen molar-refractivity contribution in [3.8, 4) is 0 Å². The fourth-order valence-electron chi connectivity index (χ4n) is 3.78. The van der Waals surface area contributed by atoms with Gasteiger partial charge in [0.1, 0.15) is 5.54 Å². The summed E-state index contributed by atoms with van der Waals surface area (Å²) in [4.78, 5) is 12.2. The van der Waals surface area contributed by atoms with Crippen molar-refractivity contribution in [1.82, 2.24) is 5.32 Å². The Morgan fingerprint density at radius 1 is 1.10 bits per heavy atom. The van der Waals surface area contributed by atoms with Crippen molar-refractivity contribution in [2.75, 3.05) is 7.11 Å². The highest BCUT2D eigenvalue weighted by Crippen LogP contribution is 2.43. The van der Waals surface area contributed by atoms with Gasteiger partial charge < -0.3 is 4.74 Å². The summed E-state index contributed by atoms with van der Waals surface area (Å²) in [6, 6.07) is 0.563. The highest BCUT2D eigenvalue weighted by atomic mass is 32.2. The summed E-state index contributed by atoms with van der Waals surface area (Å²) >= 11 is 2.16. The average Bonchev–Trinajstić information content (AvgIpc) is 3.19. The van der Waals surface area contributed by atoms with Crippen molar-refractivity contribution in [3.05, 3.63) is 0 Å². The Kier molecular flexibility index (Phi) is 4.61. The maximum Gasteiger partial charge on any atom is 0.326 e. The number of ether oxygens (including phenoxy) is 1. The first kappa shape index (κ1) is 14.7. The molecule has 3 aliphatic rings. The average molecular weight is 297 g/mol. The molecule has 1 N–H and O–H groups in total. The molecule has 0 amide bonds. The number of carbonyl (C=O) groups excluding carboxylic acids is 1. The highest BCUT2D eigenvalue weighted by Gasteiger charge is 2.49. The Morgan fingerprint density at radius 2 is 1.85 bits per heavy atom. The third-order valence-electron chi connectivity index (χ3n) is 5.04. The molecule has 0 saturated heterocycles. The molecule has 114 valence electrons. The number of hydrogen-bond acceptors (Lipinski definition) is 4. The highest BCUT2D eigenvalue weighted by molar-refractivity contribution is 8.00. The van der Waals surface area contributed by atoms with Crippen LogP contribution in [0.3, 0.4) is 0 Å². The molecule has 4 heteroatoms. The van der Waals surface area contributed by atoms with Crippen LogP contribution in [-0.4, -0.2) is 35.2 Å². The second-order valence-corrected chi connectivity index (χ2v) is 8.36. The number of carbonyl (C=O) groups is 1. The van der Waals surface area contributed by atoms with Gasteiger partial charge in [-0.05, 0) is 44.9 Å². The van der Waals surface area contributed by atoms with E-state index in [1.807, 2.05) is 0 Å². The lowest BCUT2D eigenvalue weighted by atomic mass is 9.97. The number of nitrogens with one attached hydrogen (secondary N) is 1. The molecular weight excluding hydrogens is 270 g/mol. The third-order valence-corrected chi connectivity index (χ3v) is 6.68. The van der Waals surface area contributed by atoms with E-state index in [4.69, 9.17) is 4.74 Å². The number of thioether (sulfide) groups is 1. The second kappa shape index (κ2) is 6.27. The molecular formula is C16H27NO2S. The van der Waals surface area contributed by atoms with Gasteiger partial charge in [0.25, 0.3) is 0 Å². The molecule has 3 aliphatic carbocycles. The molecule has 0 bridgehead atoms. The zero-order chi connectivity index (χ0) is 14.0. The minimum Gasteiger partial charge on any atom is -0.468 e. The largest absolute Gasteiger partial charge is 0.468 e. The summed E-state index contributed by atoms with van der Waals surface area (Å²) in [7, 11) is 1.53. The zero-order valence-electron chi connectivity index (χ0n) is 12.5. The summed E-state index contributed by atoms with van der Waals surface area (Å²) in [5.74, 6) is -0.0313. The summed E-state index contributed by atoms with van der Waals surface area (Å²) in [6.45, 7) is 0. The fourth-order valence-corrected chi connectivity index (χ4v) is 5.56. The summed E-state index contributed by atoms with van der Waals surface area (Å²) in [5.41, 5.74) is -0.373. The molecule has 20 heavy (non-hydrogen) atoms. The van der Waals surface area contributed by atoms with Crippen molar-refractivity contribution >= 4 is 17.7 Å². The van der Waals surface area contributed by atoms with Crippen LogP contribution in [-0.2, 0) is 9.53 Å². The predicted molar refractivity (Wildman–Crippen MR) is 83.0 cm³/mol. The van der Waals surface area contributed by atoms with Gasteiger partial charge in [0.15, 0.2) is 0 Å². The Bertz CT molecular complexity index is 352.